The second-order valence-corrected chi connectivity index (χ2v) is 5.58. The minimum atomic E-state index is -0.888. The maximum Gasteiger partial charge on any atom is 0.407 e. The molecule has 2 N–H and O–H groups in total. The van der Waals surface area contributed by atoms with Crippen molar-refractivity contribution in [1.82, 2.24) is 19.9 Å². The normalized spacial score (nSPS) is 15.8. The van der Waals surface area contributed by atoms with Gasteiger partial charge in [0, 0.05) is 26.2 Å². The molecule has 0 atom stereocenters. The van der Waals surface area contributed by atoms with E-state index >= 15 is 0 Å². The molecule has 1 saturated heterocycles. The van der Waals surface area contributed by atoms with Crippen molar-refractivity contribution in [3.63, 3.8) is 0 Å². The summed E-state index contributed by atoms with van der Waals surface area (Å²) in [7, 11) is 0. The Morgan fingerprint density at radius 1 is 1.30 bits per heavy atom. The van der Waals surface area contributed by atoms with Gasteiger partial charge in [-0.05, 0) is 19.1 Å². The third-order valence-electron chi connectivity index (χ3n) is 3.86. The van der Waals surface area contributed by atoms with Gasteiger partial charge in [-0.15, -0.1) is 0 Å². The van der Waals surface area contributed by atoms with E-state index in [9.17, 15) is 9.90 Å². The molecule has 1 aromatic carbocycles. The predicted octanol–water partition coefficient (Wildman–Crippen LogP) is 1.55. The van der Waals surface area contributed by atoms with Gasteiger partial charge < -0.3 is 19.6 Å². The fraction of sp³-hybridized carbons (Fsp3) is 0.400. The topological polar surface area (TPSA) is 103 Å². The molecule has 2 heterocycles. The first-order valence-electron chi connectivity index (χ1n) is 7.36. The van der Waals surface area contributed by atoms with Crippen molar-refractivity contribution in [2.45, 2.75) is 13.5 Å². The first-order valence-corrected chi connectivity index (χ1v) is 7.36. The summed E-state index contributed by atoms with van der Waals surface area (Å²) in [5, 5.41) is 22.8. The van der Waals surface area contributed by atoms with Crippen LogP contribution in [-0.4, -0.2) is 62.4 Å². The number of nitrogens with zero attached hydrogens (tertiary/aromatic N) is 4. The Kier molecular flexibility index (Phi) is 4.16. The maximum atomic E-state index is 10.9. The molecule has 0 spiro atoms. The zero-order valence-corrected chi connectivity index (χ0v) is 12.8. The number of amides is 1. The Balaban J connectivity index is 1.66. The second-order valence-electron chi connectivity index (χ2n) is 5.58. The molecule has 3 rings (SSSR count). The second kappa shape index (κ2) is 6.25. The number of phenolic OH excluding ortho intramolecular Hbond substituents is 1. The highest BCUT2D eigenvalue weighted by Crippen LogP contribution is 2.28. The van der Waals surface area contributed by atoms with Crippen LogP contribution in [0.5, 0.6) is 5.75 Å². The van der Waals surface area contributed by atoms with Gasteiger partial charge in [0.1, 0.15) is 5.75 Å². The van der Waals surface area contributed by atoms with Crippen LogP contribution in [0.3, 0.4) is 0 Å². The Labute approximate surface area is 132 Å². The van der Waals surface area contributed by atoms with Crippen LogP contribution in [0.1, 0.15) is 11.4 Å². The molecule has 8 nitrogen and oxygen atoms in total. The van der Waals surface area contributed by atoms with Crippen LogP contribution in [0, 0.1) is 6.92 Å². The molecular weight excluding hydrogens is 300 g/mol. The lowest BCUT2D eigenvalue weighted by Crippen LogP contribution is -2.47. The van der Waals surface area contributed by atoms with Crippen LogP contribution >= 0.6 is 0 Å². The van der Waals surface area contributed by atoms with Crippen LogP contribution in [0.2, 0.25) is 0 Å². The smallest absolute Gasteiger partial charge is 0.407 e. The molecule has 1 aliphatic heterocycles. The number of aromatic hydroxyl groups is 1. The highest BCUT2D eigenvalue weighted by Gasteiger charge is 2.22. The molecule has 23 heavy (non-hydrogen) atoms. The average molecular weight is 318 g/mol. The quantitative estimate of drug-likeness (QED) is 0.885. The Hall–Kier alpha value is -2.61. The monoisotopic (exact) mass is 318 g/mol. The summed E-state index contributed by atoms with van der Waals surface area (Å²) in [6, 6.07) is 5.19. The third-order valence-corrected chi connectivity index (χ3v) is 3.86. The molecule has 1 aliphatic rings. The van der Waals surface area contributed by atoms with Crippen LogP contribution in [-0.2, 0) is 6.54 Å². The molecule has 1 fully saturated rings. The fourth-order valence-electron chi connectivity index (χ4n) is 2.55. The molecule has 1 amide bonds. The lowest BCUT2D eigenvalue weighted by Gasteiger charge is -2.32. The molecule has 0 aliphatic carbocycles. The zero-order chi connectivity index (χ0) is 16.4. The molecule has 122 valence electrons. The minimum absolute atomic E-state index is 0.0980. The summed E-state index contributed by atoms with van der Waals surface area (Å²) in [6.45, 7) is 4.61. The minimum Gasteiger partial charge on any atom is -0.507 e. The zero-order valence-electron chi connectivity index (χ0n) is 12.8. The molecule has 1 aromatic heterocycles. The van der Waals surface area contributed by atoms with Gasteiger partial charge in [0.25, 0.3) is 5.89 Å². The van der Waals surface area contributed by atoms with E-state index in [0.29, 0.717) is 44.1 Å². The van der Waals surface area contributed by atoms with Crippen molar-refractivity contribution in [1.29, 1.82) is 0 Å². The molecule has 0 saturated carbocycles. The standard InChI is InChI=1S/C15H18N4O4/c1-10-2-3-12(20)11(8-10)14-16-13(17-23-14)9-18-4-6-19(7-5-18)15(21)22/h2-3,8,20H,4-7,9H2,1H3,(H,21,22). The molecule has 8 heteroatoms. The van der Waals surface area contributed by atoms with E-state index in [1.165, 1.54) is 4.90 Å². The fourth-order valence-corrected chi connectivity index (χ4v) is 2.55. The van der Waals surface area contributed by atoms with E-state index in [4.69, 9.17) is 9.63 Å². The van der Waals surface area contributed by atoms with Crippen LogP contribution < -0.4 is 0 Å². The number of rotatable bonds is 3. The number of carboxylic acid groups (broad SMARTS) is 1. The van der Waals surface area contributed by atoms with E-state index in [0.717, 1.165) is 5.56 Å². The summed E-state index contributed by atoms with van der Waals surface area (Å²) in [6.07, 6.45) is -0.888. The van der Waals surface area contributed by atoms with Gasteiger partial charge in [-0.2, -0.15) is 4.98 Å². The number of aromatic nitrogens is 2. The summed E-state index contributed by atoms with van der Waals surface area (Å²) >= 11 is 0. The van der Waals surface area contributed by atoms with Crippen LogP contribution in [0.4, 0.5) is 4.79 Å². The first kappa shape index (κ1) is 15.3. The largest absolute Gasteiger partial charge is 0.507 e. The SMILES string of the molecule is Cc1ccc(O)c(-c2nc(CN3CCN(C(=O)O)CC3)no2)c1. The van der Waals surface area contributed by atoms with Crippen LogP contribution in [0.15, 0.2) is 22.7 Å². The summed E-state index contributed by atoms with van der Waals surface area (Å²) in [5.41, 5.74) is 1.50. The average Bonchev–Trinajstić information content (AvgIpc) is 2.98. The van der Waals surface area contributed by atoms with Crippen molar-refractivity contribution in [2.24, 2.45) is 0 Å². The van der Waals surface area contributed by atoms with Gasteiger partial charge >= 0.3 is 6.09 Å². The van der Waals surface area contributed by atoms with Crippen molar-refractivity contribution in [3.05, 3.63) is 29.6 Å². The Morgan fingerprint density at radius 2 is 2.04 bits per heavy atom. The number of phenols is 1. The number of aryl methyl sites for hydroxylation is 1. The van der Waals surface area contributed by atoms with Gasteiger partial charge in [0.05, 0.1) is 12.1 Å². The highest BCUT2D eigenvalue weighted by molar-refractivity contribution is 5.65. The predicted molar refractivity (Wildman–Crippen MR) is 81.0 cm³/mol. The van der Waals surface area contributed by atoms with E-state index in [1.807, 2.05) is 6.92 Å². The number of benzene rings is 1. The lowest BCUT2D eigenvalue weighted by molar-refractivity contribution is 0.101. The van der Waals surface area contributed by atoms with Gasteiger partial charge in [-0.25, -0.2) is 4.79 Å². The molecule has 0 unspecified atom stereocenters. The molecule has 0 radical (unpaired) electrons. The van der Waals surface area contributed by atoms with Crippen molar-refractivity contribution >= 4 is 6.09 Å². The lowest BCUT2D eigenvalue weighted by atomic mass is 10.1. The molecule has 0 bridgehead atoms. The number of hydrogen-bond donors (Lipinski definition) is 2. The van der Waals surface area contributed by atoms with Gasteiger partial charge in [-0.1, -0.05) is 16.8 Å². The summed E-state index contributed by atoms with van der Waals surface area (Å²) < 4.78 is 5.24. The van der Waals surface area contributed by atoms with E-state index in [1.54, 1.807) is 18.2 Å². The number of piperazine rings is 1. The number of hydrogen-bond acceptors (Lipinski definition) is 6. The Morgan fingerprint density at radius 3 is 2.74 bits per heavy atom. The van der Waals surface area contributed by atoms with E-state index in [2.05, 4.69) is 15.0 Å². The van der Waals surface area contributed by atoms with Crippen molar-refractivity contribution in [2.75, 3.05) is 26.2 Å². The highest BCUT2D eigenvalue weighted by atomic mass is 16.5. The van der Waals surface area contributed by atoms with E-state index < -0.39 is 6.09 Å². The molecule has 2 aromatic rings. The van der Waals surface area contributed by atoms with E-state index in [-0.39, 0.29) is 11.6 Å². The van der Waals surface area contributed by atoms with Crippen molar-refractivity contribution < 1.29 is 19.5 Å². The summed E-state index contributed by atoms with van der Waals surface area (Å²) in [4.78, 5) is 18.7. The van der Waals surface area contributed by atoms with Gasteiger partial charge in [0.15, 0.2) is 5.82 Å². The number of carbonyl (C=O) groups is 1. The van der Waals surface area contributed by atoms with Gasteiger partial charge in [-0.3, -0.25) is 4.90 Å². The molecular formula is C15H18N4O4. The Bertz CT molecular complexity index is 707. The third kappa shape index (κ3) is 3.42. The van der Waals surface area contributed by atoms with Crippen molar-refractivity contribution in [3.8, 4) is 17.2 Å². The summed E-state index contributed by atoms with van der Waals surface area (Å²) in [5.74, 6) is 0.899. The maximum absolute atomic E-state index is 10.9. The van der Waals surface area contributed by atoms with Crippen LogP contribution in [0.25, 0.3) is 11.5 Å². The van der Waals surface area contributed by atoms with Gasteiger partial charge in [0.2, 0.25) is 0 Å². The first-order chi connectivity index (χ1) is 11.0.